The van der Waals surface area contributed by atoms with Crippen molar-refractivity contribution >= 4 is 0 Å². The number of hydrogen-bond donors (Lipinski definition) is 3. The van der Waals surface area contributed by atoms with Gasteiger partial charge in [-0.05, 0) is 41.5 Å². The smallest absolute Gasteiger partial charge is 0.0781 e. The van der Waals surface area contributed by atoms with Gasteiger partial charge in [-0.3, -0.25) is 0 Å². The molecule has 15 heteroatoms. The van der Waals surface area contributed by atoms with Gasteiger partial charge < -0.3 is 72.2 Å². The number of aliphatic hydroxyl groups excluding tert-OH is 3. The molecule has 3 N–H and O–H groups in total. The molecule has 0 saturated carbocycles. The van der Waals surface area contributed by atoms with E-state index in [4.69, 9.17) is 67.1 Å². The molecule has 0 spiro atoms. The monoisotopic (exact) mass is 706 g/mol. The Hall–Kier alpha value is -0.600. The second-order valence-electron chi connectivity index (χ2n) is 11.1. The molecule has 0 aromatic carbocycles. The van der Waals surface area contributed by atoms with E-state index in [0.29, 0.717) is 119 Å². The molecule has 292 valence electrons. The highest BCUT2D eigenvalue weighted by molar-refractivity contribution is 4.58. The van der Waals surface area contributed by atoms with Gasteiger partial charge in [0.2, 0.25) is 0 Å². The van der Waals surface area contributed by atoms with E-state index < -0.39 is 6.10 Å². The van der Waals surface area contributed by atoms with E-state index in [-0.39, 0.29) is 43.7 Å². The predicted octanol–water partition coefficient (Wildman–Crippen LogP) is 1.11. The van der Waals surface area contributed by atoms with Gasteiger partial charge >= 0.3 is 0 Å². The Morgan fingerprint density at radius 2 is 0.646 bits per heavy atom. The summed E-state index contributed by atoms with van der Waals surface area (Å²) in [5, 5.41) is 26.6. The summed E-state index contributed by atoms with van der Waals surface area (Å²) in [5.74, 6) is 0. The number of ether oxygens (including phenoxy) is 12. The lowest BCUT2D eigenvalue weighted by atomic mass is 10.3. The van der Waals surface area contributed by atoms with E-state index in [9.17, 15) is 5.11 Å². The standard InChI is InChI=1S/C18H38O7.C15H32O8/c1-13(20)8-21-15(3)10-23-17(5)12-25-18(6)11-24-16(4)9-22-14(2)7-19;1-17-4-5-19-8-9-21-12-13-23-15-14-22-11-10-20-7-6-18-3-2-16/h13-20H,7-12H2,1-6H3;16H,2-15H2,1H3. The largest absolute Gasteiger partial charge is 0.394 e. The molecule has 6 atom stereocenters. The van der Waals surface area contributed by atoms with Gasteiger partial charge in [0.25, 0.3) is 0 Å². The van der Waals surface area contributed by atoms with E-state index in [2.05, 4.69) is 0 Å². The van der Waals surface area contributed by atoms with E-state index >= 15 is 0 Å². The highest BCUT2D eigenvalue weighted by Gasteiger charge is 2.12. The average molecular weight is 707 g/mol. The van der Waals surface area contributed by atoms with Crippen LogP contribution in [0, 0.1) is 0 Å². The van der Waals surface area contributed by atoms with Crippen molar-refractivity contribution in [1.82, 2.24) is 0 Å². The summed E-state index contributed by atoms with van der Waals surface area (Å²) in [6.07, 6.45) is -0.868. The highest BCUT2D eigenvalue weighted by Crippen LogP contribution is 2.03. The maximum atomic E-state index is 9.17. The molecule has 0 aromatic rings. The van der Waals surface area contributed by atoms with E-state index in [0.717, 1.165) is 0 Å². The molecule has 0 aliphatic rings. The SMILES string of the molecule is CC(O)COC(C)COC(C)COC(C)COC(C)COC(C)CO.COCCOCCOCCOCCOCCOCCOCCO. The fourth-order valence-electron chi connectivity index (χ4n) is 3.16. The van der Waals surface area contributed by atoms with Gasteiger partial charge in [0.05, 0.1) is 169 Å². The zero-order valence-corrected chi connectivity index (χ0v) is 30.8. The Labute approximate surface area is 289 Å². The molecule has 0 heterocycles. The van der Waals surface area contributed by atoms with E-state index in [1.165, 1.54) is 0 Å². The van der Waals surface area contributed by atoms with E-state index in [1.54, 1.807) is 14.0 Å². The first-order valence-corrected chi connectivity index (χ1v) is 17.1. The molecule has 0 bridgehead atoms. The van der Waals surface area contributed by atoms with Crippen molar-refractivity contribution in [3.8, 4) is 0 Å². The molecular formula is C33H70O15. The highest BCUT2D eigenvalue weighted by atomic mass is 16.6. The third-order valence-electron chi connectivity index (χ3n) is 5.87. The fourth-order valence-corrected chi connectivity index (χ4v) is 3.16. The second-order valence-corrected chi connectivity index (χ2v) is 11.1. The Balaban J connectivity index is 0. The lowest BCUT2D eigenvalue weighted by Gasteiger charge is -2.22. The van der Waals surface area contributed by atoms with Crippen LogP contribution in [0.4, 0.5) is 0 Å². The van der Waals surface area contributed by atoms with E-state index in [1.807, 2.05) is 34.6 Å². The lowest BCUT2D eigenvalue weighted by Crippen LogP contribution is -2.29. The summed E-state index contributed by atoms with van der Waals surface area (Å²) in [6, 6.07) is 0. The average Bonchev–Trinajstić information content (AvgIpc) is 3.08. The van der Waals surface area contributed by atoms with Crippen molar-refractivity contribution in [3.63, 3.8) is 0 Å². The third kappa shape index (κ3) is 41.6. The normalized spacial score (nSPS) is 15.4. The Kier molecular flexibility index (Phi) is 40.4. The van der Waals surface area contributed by atoms with Crippen LogP contribution < -0.4 is 0 Å². The third-order valence-corrected chi connectivity index (χ3v) is 5.87. The molecule has 0 amide bonds. The first-order valence-electron chi connectivity index (χ1n) is 17.1. The molecule has 0 fully saturated rings. The summed E-state index contributed by atoms with van der Waals surface area (Å²) in [6.45, 7) is 20.3. The van der Waals surface area contributed by atoms with Gasteiger partial charge in [0, 0.05) is 7.11 Å². The summed E-state index contributed by atoms with van der Waals surface area (Å²) in [4.78, 5) is 0. The van der Waals surface area contributed by atoms with Crippen molar-refractivity contribution in [2.45, 2.75) is 78.2 Å². The molecule has 0 aliphatic carbocycles. The Morgan fingerprint density at radius 3 is 0.917 bits per heavy atom. The number of methoxy groups -OCH3 is 1. The Bertz CT molecular complexity index is 585. The van der Waals surface area contributed by atoms with Crippen molar-refractivity contribution < 1.29 is 72.2 Å². The van der Waals surface area contributed by atoms with Crippen LogP contribution in [-0.2, 0) is 56.8 Å². The number of aliphatic hydroxyl groups is 3. The molecule has 6 unspecified atom stereocenters. The molecule has 0 aromatic heterocycles. The van der Waals surface area contributed by atoms with Gasteiger partial charge in [0.15, 0.2) is 0 Å². The van der Waals surface area contributed by atoms with Crippen molar-refractivity contribution in [3.05, 3.63) is 0 Å². The van der Waals surface area contributed by atoms with Gasteiger partial charge in [-0.1, -0.05) is 0 Å². The van der Waals surface area contributed by atoms with Crippen LogP contribution in [0.25, 0.3) is 0 Å². The minimum atomic E-state index is -0.469. The number of rotatable bonds is 36. The van der Waals surface area contributed by atoms with Gasteiger partial charge in [0.1, 0.15) is 0 Å². The minimum absolute atomic E-state index is 0.00675. The first kappa shape index (κ1) is 49.5. The van der Waals surface area contributed by atoms with Crippen LogP contribution in [0.5, 0.6) is 0 Å². The van der Waals surface area contributed by atoms with Gasteiger partial charge in [-0.15, -0.1) is 0 Å². The van der Waals surface area contributed by atoms with Gasteiger partial charge in [-0.25, -0.2) is 0 Å². The molecular weight excluding hydrogens is 636 g/mol. The second kappa shape index (κ2) is 39.2. The Morgan fingerprint density at radius 1 is 0.375 bits per heavy atom. The van der Waals surface area contributed by atoms with Crippen LogP contribution in [0.2, 0.25) is 0 Å². The predicted molar refractivity (Wildman–Crippen MR) is 180 cm³/mol. The molecule has 0 rings (SSSR count). The summed E-state index contributed by atoms with van der Waals surface area (Å²) >= 11 is 0. The molecule has 0 saturated heterocycles. The fraction of sp³-hybridized carbons (Fsp3) is 1.00. The van der Waals surface area contributed by atoms with Crippen LogP contribution in [0.15, 0.2) is 0 Å². The quantitative estimate of drug-likeness (QED) is 0.0791. The van der Waals surface area contributed by atoms with Crippen molar-refractivity contribution in [1.29, 1.82) is 0 Å². The maximum Gasteiger partial charge on any atom is 0.0781 e. The molecule has 15 nitrogen and oxygen atoms in total. The van der Waals surface area contributed by atoms with Gasteiger partial charge in [-0.2, -0.15) is 0 Å². The lowest BCUT2D eigenvalue weighted by molar-refractivity contribution is -0.100. The topological polar surface area (TPSA) is 171 Å². The van der Waals surface area contributed by atoms with Crippen LogP contribution >= 0.6 is 0 Å². The van der Waals surface area contributed by atoms with Crippen LogP contribution in [-0.4, -0.2) is 191 Å². The zero-order chi connectivity index (χ0) is 36.1. The maximum absolute atomic E-state index is 9.17. The zero-order valence-electron chi connectivity index (χ0n) is 30.8. The summed E-state index contributed by atoms with van der Waals surface area (Å²) in [5.41, 5.74) is 0. The molecule has 48 heavy (non-hydrogen) atoms. The van der Waals surface area contributed by atoms with Crippen LogP contribution in [0.1, 0.15) is 41.5 Å². The summed E-state index contributed by atoms with van der Waals surface area (Å²) in [7, 11) is 1.64. The first-order chi connectivity index (χ1) is 23.2. The molecule has 0 aliphatic heterocycles. The summed E-state index contributed by atoms with van der Waals surface area (Å²) < 4.78 is 64.4. The molecule has 0 radical (unpaired) electrons. The van der Waals surface area contributed by atoms with Crippen LogP contribution in [0.3, 0.4) is 0 Å². The minimum Gasteiger partial charge on any atom is -0.394 e. The number of hydrogen-bond acceptors (Lipinski definition) is 15. The van der Waals surface area contributed by atoms with Crippen molar-refractivity contribution in [2.75, 3.05) is 139 Å². The van der Waals surface area contributed by atoms with Crippen molar-refractivity contribution in [2.24, 2.45) is 0 Å².